The lowest BCUT2D eigenvalue weighted by atomic mass is 9.49. The maximum atomic E-state index is 13.6. The molecule has 6 aliphatic rings. The highest BCUT2D eigenvalue weighted by atomic mass is 127. The number of amides is 1. The van der Waals surface area contributed by atoms with Crippen molar-refractivity contribution in [3.05, 3.63) is 83.3 Å². The minimum atomic E-state index is -0.335. The van der Waals surface area contributed by atoms with Crippen molar-refractivity contribution >= 4 is 57.8 Å². The van der Waals surface area contributed by atoms with Crippen molar-refractivity contribution < 1.29 is 18.8 Å². The van der Waals surface area contributed by atoms with Crippen molar-refractivity contribution in [2.45, 2.75) is 127 Å². The Kier molecular flexibility index (Phi) is 11.5. The number of fused-ring (bicyclic) bond motifs is 2. The number of nitrogens with one attached hydrogen (secondary N) is 1. The molecule has 4 fully saturated rings. The van der Waals surface area contributed by atoms with E-state index >= 15 is 0 Å². The highest BCUT2D eigenvalue weighted by Gasteiger charge is 2.64. The van der Waals surface area contributed by atoms with Crippen LogP contribution in [0.2, 0.25) is 0 Å². The van der Waals surface area contributed by atoms with Gasteiger partial charge >= 0.3 is 12.0 Å². The smallest absolute Gasteiger partial charge is 0.359 e. The molecule has 4 aliphatic heterocycles. The molecule has 2 saturated carbocycles. The van der Waals surface area contributed by atoms with E-state index in [0.717, 1.165) is 92.0 Å². The minimum absolute atomic E-state index is 0.0907. The molecule has 9 rings (SSSR count). The lowest BCUT2D eigenvalue weighted by Crippen LogP contribution is -2.74. The van der Waals surface area contributed by atoms with Crippen molar-refractivity contribution in [1.82, 2.24) is 15.3 Å². The van der Waals surface area contributed by atoms with Gasteiger partial charge in [0, 0.05) is 59.9 Å². The van der Waals surface area contributed by atoms with Gasteiger partial charge in [-0.1, -0.05) is 54.9 Å². The van der Waals surface area contributed by atoms with Crippen LogP contribution in [-0.2, 0) is 6.42 Å². The van der Waals surface area contributed by atoms with E-state index in [1.54, 1.807) is 12.4 Å². The number of carbonyl (C=O) groups excluding carboxylic acids is 1. The van der Waals surface area contributed by atoms with E-state index in [1.165, 1.54) is 0 Å². The second-order valence-corrected chi connectivity index (χ2v) is 22.3. The number of halogens is 1. The lowest BCUT2D eigenvalue weighted by Gasteiger charge is -2.63. The molecule has 2 saturated heterocycles. The number of ether oxygens (including phenoxy) is 2. The summed E-state index contributed by atoms with van der Waals surface area (Å²) in [6, 6.07) is 16.6. The van der Waals surface area contributed by atoms with Crippen LogP contribution in [0.5, 0.6) is 11.5 Å². The predicted octanol–water partition coefficient (Wildman–Crippen LogP) is 9.40. The van der Waals surface area contributed by atoms with Crippen LogP contribution >= 0.6 is 34.4 Å². The summed E-state index contributed by atoms with van der Waals surface area (Å²) < 4.78 is 15.5. The van der Waals surface area contributed by atoms with Crippen molar-refractivity contribution in [3.63, 3.8) is 0 Å². The average Bonchev–Trinajstić information content (AvgIpc) is 3.91. The van der Waals surface area contributed by atoms with Gasteiger partial charge in [0.2, 0.25) is 10.00 Å². The van der Waals surface area contributed by atoms with E-state index in [0.29, 0.717) is 28.2 Å². The summed E-state index contributed by atoms with van der Waals surface area (Å²) in [7, 11) is 0. The molecule has 6 atom stereocenters. The number of rotatable bonds is 11. The Bertz CT molecular complexity index is 2340. The number of hydrogen-bond acceptors (Lipinski definition) is 11. The van der Waals surface area contributed by atoms with Crippen LogP contribution in [0.15, 0.2) is 70.1 Å². The van der Waals surface area contributed by atoms with Crippen LogP contribution in [0.4, 0.5) is 5.95 Å². The fraction of sp³-hybridized carbons (Fsp3) is 0.562. The molecule has 325 valence electrons. The summed E-state index contributed by atoms with van der Waals surface area (Å²) in [4.78, 5) is 30.4. The third-order valence-corrected chi connectivity index (χ3v) is 17.1. The van der Waals surface area contributed by atoms with Crippen LogP contribution in [0.1, 0.15) is 115 Å². The third kappa shape index (κ3) is 7.60. The number of aromatic nitrogens is 2. The topological polar surface area (TPSA) is 140 Å². The van der Waals surface area contributed by atoms with E-state index in [9.17, 15) is 10.1 Å². The molecule has 1 spiro atoms. The summed E-state index contributed by atoms with van der Waals surface area (Å²) >= 11 is 4.41. The SMILES string of the molecule is CCCCc1cc(OC2C(C)(C)C(NC(=O)c3cnc(N4CC5(CC[C@H](Oc6ccc(C7=N[C@@H](I)C8=[N+]([C](C)N=N8)C8SC(C)C(C)C78)cc6)C5)C4)nc3)C2(C)C)ccc1C#N. The van der Waals surface area contributed by atoms with Gasteiger partial charge in [0.05, 0.1) is 40.0 Å². The molecule has 14 heteroatoms. The molecule has 3 aromatic rings. The molecular formula is C48H58IN9O3S+. The standard InChI is InChI=1S/C48H58IN9O3S/c1-9-10-11-31-20-35(17-14-32(31)22-50)61-44-46(5,6)43(47(44,7)8)54-41(59)33-23-51-45(52-24-33)57-25-48(26-57)19-18-36(21-48)60-34-15-12-30(13-16-34)38-37-27(2)28(3)62-42(37)58-29(4)55-56-40(58)39(49)53-38/h12-17,20,23-24,27-28,36-37,39,42-44H,9-11,18-19,21,25-26H2,1-8H3,(H,54,59)/q+1/t27?,28?,36-,37?,39+,42?,43?,44?/m0/s1. The number of anilines is 1. The molecule has 62 heavy (non-hydrogen) atoms. The normalized spacial score (nSPS) is 30.1. The molecule has 1 aromatic heterocycles. The van der Waals surface area contributed by atoms with E-state index in [-0.39, 0.29) is 55.7 Å². The summed E-state index contributed by atoms with van der Waals surface area (Å²) in [6.07, 6.45) is 10.3. The Hall–Kier alpha value is -4.10. The first-order chi connectivity index (χ1) is 29.6. The van der Waals surface area contributed by atoms with E-state index in [4.69, 9.17) is 14.5 Å². The van der Waals surface area contributed by atoms with Gasteiger partial charge in [-0.3, -0.25) is 9.79 Å². The molecule has 5 heterocycles. The quantitative estimate of drug-likeness (QED) is 0.0868. The second kappa shape index (κ2) is 16.5. The highest BCUT2D eigenvalue weighted by Crippen LogP contribution is 2.56. The predicted molar refractivity (Wildman–Crippen MR) is 251 cm³/mol. The first-order valence-corrected chi connectivity index (χ1v) is 24.4. The number of hydrogen-bond donors (Lipinski definition) is 1. The fourth-order valence-electron chi connectivity index (χ4n) is 11.4. The minimum Gasteiger partial charge on any atom is -0.490 e. The van der Waals surface area contributed by atoms with Gasteiger partial charge in [0.15, 0.2) is 5.37 Å². The number of alkyl halides is 1. The van der Waals surface area contributed by atoms with Crippen molar-refractivity contribution in [2.75, 3.05) is 18.0 Å². The van der Waals surface area contributed by atoms with Gasteiger partial charge < -0.3 is 19.7 Å². The largest absolute Gasteiger partial charge is 0.490 e. The molecular weight excluding hydrogens is 910 g/mol. The van der Waals surface area contributed by atoms with Gasteiger partial charge in [0.1, 0.15) is 17.6 Å². The number of nitriles is 1. The maximum Gasteiger partial charge on any atom is 0.359 e. The number of benzene rings is 2. The third-order valence-electron chi connectivity index (χ3n) is 14.6. The number of thioether (sulfide) groups is 1. The van der Waals surface area contributed by atoms with Crippen molar-refractivity contribution in [3.8, 4) is 17.6 Å². The number of aryl methyl sites for hydroxylation is 1. The first kappa shape index (κ1) is 43.2. The van der Waals surface area contributed by atoms with Crippen molar-refractivity contribution in [1.29, 1.82) is 5.26 Å². The number of unbranched alkanes of at least 4 members (excludes halogenated alkanes) is 1. The number of nitrogens with zero attached hydrogens (tertiary/aromatic N) is 8. The van der Waals surface area contributed by atoms with E-state index in [2.05, 4.69) is 143 Å². The van der Waals surface area contributed by atoms with Crippen LogP contribution in [0.25, 0.3) is 0 Å². The Morgan fingerprint density at radius 3 is 2.44 bits per heavy atom. The Morgan fingerprint density at radius 1 is 1.03 bits per heavy atom. The highest BCUT2D eigenvalue weighted by molar-refractivity contribution is 14.1. The number of azo groups is 1. The molecule has 0 bridgehead atoms. The van der Waals surface area contributed by atoms with Crippen LogP contribution < -0.4 is 19.7 Å². The van der Waals surface area contributed by atoms with E-state index < -0.39 is 0 Å². The number of carbonyl (C=O) groups is 1. The molecule has 1 radical (unpaired) electrons. The summed E-state index contributed by atoms with van der Waals surface area (Å²) in [5.74, 6) is 3.81. The first-order valence-electron chi connectivity index (χ1n) is 22.3. The zero-order valence-electron chi connectivity index (χ0n) is 37.1. The lowest BCUT2D eigenvalue weighted by molar-refractivity contribution is -0.527. The molecule has 1 amide bonds. The van der Waals surface area contributed by atoms with Crippen LogP contribution in [0.3, 0.4) is 0 Å². The zero-order chi connectivity index (χ0) is 43.7. The Labute approximate surface area is 384 Å². The molecule has 1 N–H and O–H groups in total. The average molecular weight is 968 g/mol. The summed E-state index contributed by atoms with van der Waals surface area (Å²) in [5, 5.41) is 22.6. The molecule has 2 aromatic carbocycles. The zero-order valence-corrected chi connectivity index (χ0v) is 40.0. The monoisotopic (exact) mass is 967 g/mol. The number of amidine groups is 1. The fourth-order valence-corrected chi connectivity index (χ4v) is 13.9. The number of aliphatic imine (C=N–C) groups is 1. The van der Waals surface area contributed by atoms with Crippen LogP contribution in [-0.4, -0.2) is 78.0 Å². The van der Waals surface area contributed by atoms with E-state index in [1.807, 2.05) is 30.0 Å². The second-order valence-electron chi connectivity index (χ2n) is 19.7. The summed E-state index contributed by atoms with van der Waals surface area (Å²) in [6.45, 7) is 19.2. The summed E-state index contributed by atoms with van der Waals surface area (Å²) in [5.41, 5.74) is 3.98. The Balaban J connectivity index is 0.775. The van der Waals surface area contributed by atoms with Gasteiger partial charge in [-0.15, -0.1) is 11.8 Å². The van der Waals surface area contributed by atoms with Crippen molar-refractivity contribution in [2.24, 2.45) is 43.3 Å². The van der Waals surface area contributed by atoms with Gasteiger partial charge in [0.25, 0.3) is 5.91 Å². The molecule has 4 unspecified atom stereocenters. The van der Waals surface area contributed by atoms with Gasteiger partial charge in [-0.25, -0.2) is 14.5 Å². The molecule has 12 nitrogen and oxygen atoms in total. The Morgan fingerprint density at radius 2 is 1.74 bits per heavy atom. The van der Waals surface area contributed by atoms with Gasteiger partial charge in [-0.2, -0.15) is 5.26 Å². The maximum absolute atomic E-state index is 13.6. The van der Waals surface area contributed by atoms with Gasteiger partial charge in [-0.05, 0) is 119 Å². The molecule has 2 aliphatic carbocycles. The van der Waals surface area contributed by atoms with Crippen LogP contribution in [0, 0.1) is 45.6 Å².